The van der Waals surface area contributed by atoms with Gasteiger partial charge in [0.05, 0.1) is 0 Å². The summed E-state index contributed by atoms with van der Waals surface area (Å²) in [5, 5.41) is 1.28. The maximum atomic E-state index is 4.35. The number of nitrogens with zero attached hydrogens (tertiary/aromatic N) is 2. The van der Waals surface area contributed by atoms with Crippen LogP contribution in [0.15, 0.2) is 24.5 Å². The highest BCUT2D eigenvalue weighted by atomic mass is 15.0. The van der Waals surface area contributed by atoms with E-state index in [2.05, 4.69) is 41.7 Å². The monoisotopic (exact) mass is 174 g/mol. The molecule has 0 aromatic carbocycles. The summed E-state index contributed by atoms with van der Waals surface area (Å²) in [5.74, 6) is 0.563. The van der Waals surface area contributed by atoms with Crippen molar-refractivity contribution in [1.29, 1.82) is 0 Å². The minimum atomic E-state index is 0.563. The molecule has 0 saturated carbocycles. The Hall–Kier alpha value is -1.31. The van der Waals surface area contributed by atoms with Crippen LogP contribution >= 0.6 is 0 Å². The molecule has 0 N–H and O–H groups in total. The minimum Gasteiger partial charge on any atom is -0.336 e. The molecule has 0 saturated heterocycles. The fourth-order valence-electron chi connectivity index (χ4n) is 1.69. The second kappa shape index (κ2) is 2.87. The Bertz CT molecular complexity index is 427. The van der Waals surface area contributed by atoms with Gasteiger partial charge in [0.25, 0.3) is 0 Å². The van der Waals surface area contributed by atoms with Crippen LogP contribution in [-0.4, -0.2) is 9.55 Å². The Labute approximate surface area is 78.2 Å². The van der Waals surface area contributed by atoms with Gasteiger partial charge >= 0.3 is 0 Å². The summed E-state index contributed by atoms with van der Waals surface area (Å²) >= 11 is 0. The molecule has 2 aromatic heterocycles. The topological polar surface area (TPSA) is 17.8 Å². The average Bonchev–Trinajstić information content (AvgIpc) is 2.48. The third kappa shape index (κ3) is 1.22. The highest BCUT2D eigenvalue weighted by Crippen LogP contribution is 2.23. The Morgan fingerprint density at radius 1 is 1.31 bits per heavy atom. The van der Waals surface area contributed by atoms with Crippen LogP contribution in [0.25, 0.3) is 11.0 Å². The van der Waals surface area contributed by atoms with Crippen molar-refractivity contribution in [3.8, 4) is 0 Å². The summed E-state index contributed by atoms with van der Waals surface area (Å²) in [6.45, 7) is 4.42. The smallest absolute Gasteiger partial charge is 0.139 e. The first-order valence-electron chi connectivity index (χ1n) is 4.60. The van der Waals surface area contributed by atoms with E-state index in [4.69, 9.17) is 0 Å². The third-order valence-corrected chi connectivity index (χ3v) is 2.42. The Balaban J connectivity index is 2.77. The van der Waals surface area contributed by atoms with Crippen LogP contribution < -0.4 is 0 Å². The van der Waals surface area contributed by atoms with Crippen molar-refractivity contribution in [3.63, 3.8) is 0 Å². The second-order valence-corrected chi connectivity index (χ2v) is 3.72. The molecule has 0 fully saturated rings. The van der Waals surface area contributed by atoms with Crippen molar-refractivity contribution >= 4 is 11.0 Å². The van der Waals surface area contributed by atoms with E-state index in [1.165, 1.54) is 10.9 Å². The Morgan fingerprint density at radius 2 is 2.08 bits per heavy atom. The lowest BCUT2D eigenvalue weighted by molar-refractivity contribution is 0.872. The number of rotatable bonds is 1. The summed E-state index contributed by atoms with van der Waals surface area (Å²) in [6, 6.07) is 4.24. The van der Waals surface area contributed by atoms with E-state index < -0.39 is 0 Å². The molecular formula is C11H14N2. The highest BCUT2D eigenvalue weighted by molar-refractivity contribution is 5.80. The Kier molecular flexibility index (Phi) is 1.83. The normalized spacial score (nSPS) is 11.4. The fraction of sp³-hybridized carbons (Fsp3) is 0.364. The maximum absolute atomic E-state index is 4.35. The van der Waals surface area contributed by atoms with Gasteiger partial charge in [-0.25, -0.2) is 4.98 Å². The molecule has 13 heavy (non-hydrogen) atoms. The van der Waals surface area contributed by atoms with Gasteiger partial charge in [0, 0.05) is 24.8 Å². The zero-order chi connectivity index (χ0) is 9.42. The van der Waals surface area contributed by atoms with Gasteiger partial charge in [-0.3, -0.25) is 0 Å². The molecule has 0 amide bonds. The number of aromatic nitrogens is 2. The lowest BCUT2D eigenvalue weighted by Crippen LogP contribution is -1.92. The zero-order valence-corrected chi connectivity index (χ0v) is 8.28. The molecule has 0 spiro atoms. The van der Waals surface area contributed by atoms with Gasteiger partial charge in [-0.2, -0.15) is 0 Å². The van der Waals surface area contributed by atoms with Crippen LogP contribution in [-0.2, 0) is 7.05 Å². The molecule has 0 atom stereocenters. The van der Waals surface area contributed by atoms with E-state index in [9.17, 15) is 0 Å². The molecule has 68 valence electrons. The van der Waals surface area contributed by atoms with E-state index in [0.29, 0.717) is 5.92 Å². The molecule has 0 aliphatic rings. The maximum Gasteiger partial charge on any atom is 0.139 e. The molecule has 2 heterocycles. The average molecular weight is 174 g/mol. The van der Waals surface area contributed by atoms with E-state index in [1.807, 2.05) is 13.2 Å². The highest BCUT2D eigenvalue weighted by Gasteiger charge is 2.06. The molecule has 2 nitrogen and oxygen atoms in total. The molecule has 0 unspecified atom stereocenters. The molecule has 0 radical (unpaired) electrons. The molecule has 2 rings (SSSR count). The lowest BCUT2D eigenvalue weighted by Gasteiger charge is -2.06. The van der Waals surface area contributed by atoms with E-state index in [0.717, 1.165) is 5.65 Å². The first-order chi connectivity index (χ1) is 6.20. The van der Waals surface area contributed by atoms with E-state index in [1.54, 1.807) is 0 Å². The van der Waals surface area contributed by atoms with Crippen LogP contribution in [0.5, 0.6) is 0 Å². The van der Waals surface area contributed by atoms with Crippen molar-refractivity contribution in [2.24, 2.45) is 7.05 Å². The number of hydrogen-bond donors (Lipinski definition) is 0. The summed E-state index contributed by atoms with van der Waals surface area (Å²) in [4.78, 5) is 4.35. The van der Waals surface area contributed by atoms with Crippen molar-refractivity contribution in [1.82, 2.24) is 9.55 Å². The predicted molar refractivity (Wildman–Crippen MR) is 54.8 cm³/mol. The standard InChI is InChI=1S/C11H14N2/c1-8(2)9-4-6-12-11-10(9)5-7-13(11)3/h4-8H,1-3H3. The molecule has 0 bridgehead atoms. The first kappa shape index (κ1) is 8.30. The number of fused-ring (bicyclic) bond motifs is 1. The molecular weight excluding hydrogens is 160 g/mol. The second-order valence-electron chi connectivity index (χ2n) is 3.72. The van der Waals surface area contributed by atoms with Crippen LogP contribution in [0.2, 0.25) is 0 Å². The van der Waals surface area contributed by atoms with Crippen molar-refractivity contribution < 1.29 is 0 Å². The molecule has 0 aliphatic carbocycles. The van der Waals surface area contributed by atoms with E-state index >= 15 is 0 Å². The number of aryl methyl sites for hydroxylation is 1. The first-order valence-corrected chi connectivity index (χ1v) is 4.60. The summed E-state index contributed by atoms with van der Waals surface area (Å²) in [6.07, 6.45) is 3.95. The van der Waals surface area contributed by atoms with Crippen LogP contribution in [0.1, 0.15) is 25.3 Å². The third-order valence-electron chi connectivity index (χ3n) is 2.42. The van der Waals surface area contributed by atoms with Gasteiger partial charge in [-0.05, 0) is 23.6 Å². The van der Waals surface area contributed by atoms with Gasteiger partial charge in [0.2, 0.25) is 0 Å². The summed E-state index contributed by atoms with van der Waals surface area (Å²) in [5.41, 5.74) is 2.46. The Morgan fingerprint density at radius 3 is 2.77 bits per heavy atom. The number of pyridine rings is 1. The summed E-state index contributed by atoms with van der Waals surface area (Å²) < 4.78 is 2.06. The predicted octanol–water partition coefficient (Wildman–Crippen LogP) is 2.70. The van der Waals surface area contributed by atoms with Crippen LogP contribution in [0.3, 0.4) is 0 Å². The van der Waals surface area contributed by atoms with Gasteiger partial charge in [0.1, 0.15) is 5.65 Å². The van der Waals surface area contributed by atoms with Crippen LogP contribution in [0.4, 0.5) is 0 Å². The molecule has 2 aromatic rings. The van der Waals surface area contributed by atoms with Crippen molar-refractivity contribution in [3.05, 3.63) is 30.1 Å². The largest absolute Gasteiger partial charge is 0.336 e. The van der Waals surface area contributed by atoms with Gasteiger partial charge in [-0.15, -0.1) is 0 Å². The molecule has 0 aliphatic heterocycles. The minimum absolute atomic E-state index is 0.563. The zero-order valence-electron chi connectivity index (χ0n) is 8.28. The number of hydrogen-bond acceptors (Lipinski definition) is 1. The van der Waals surface area contributed by atoms with Gasteiger partial charge < -0.3 is 4.57 Å². The van der Waals surface area contributed by atoms with Crippen molar-refractivity contribution in [2.75, 3.05) is 0 Å². The van der Waals surface area contributed by atoms with Gasteiger partial charge in [-0.1, -0.05) is 13.8 Å². The fourth-order valence-corrected chi connectivity index (χ4v) is 1.69. The quantitative estimate of drug-likeness (QED) is 0.650. The van der Waals surface area contributed by atoms with Crippen molar-refractivity contribution in [2.45, 2.75) is 19.8 Å². The van der Waals surface area contributed by atoms with Gasteiger partial charge in [0.15, 0.2) is 0 Å². The summed E-state index contributed by atoms with van der Waals surface area (Å²) in [7, 11) is 2.03. The van der Waals surface area contributed by atoms with E-state index in [-0.39, 0.29) is 0 Å². The molecule has 2 heteroatoms. The SMILES string of the molecule is CC(C)c1ccnc2c1ccn2C. The lowest BCUT2D eigenvalue weighted by atomic mass is 10.0. The van der Waals surface area contributed by atoms with Crippen LogP contribution in [0, 0.1) is 0 Å².